The maximum atomic E-state index is 13.7. The van der Waals surface area contributed by atoms with E-state index in [1.54, 1.807) is 0 Å². The molecule has 4 heterocycles. The number of hydrogen-bond acceptors (Lipinski definition) is 6. The van der Waals surface area contributed by atoms with Gasteiger partial charge in [0.15, 0.2) is 5.65 Å². The molecule has 1 aliphatic rings. The monoisotopic (exact) mass is 350 g/mol. The van der Waals surface area contributed by atoms with Gasteiger partial charge in [0, 0.05) is 18.6 Å². The molecule has 130 valence electrons. The van der Waals surface area contributed by atoms with Crippen LogP contribution in [0.2, 0.25) is 0 Å². The maximum Gasteiger partial charge on any atom is 0.325 e. The SMILES string of the molecule is O=c1[nH]cc(-c2cc(N3C[C@H](O)C(F)(F)C3)c3nccn3n2)c(=O)[nH]1. The number of hydrogen-bond donors (Lipinski definition) is 3. The van der Waals surface area contributed by atoms with Crippen molar-refractivity contribution in [1.82, 2.24) is 24.6 Å². The maximum absolute atomic E-state index is 13.7. The van der Waals surface area contributed by atoms with E-state index >= 15 is 0 Å². The number of aromatic amines is 2. The molecule has 0 bridgehead atoms. The number of anilines is 1. The van der Waals surface area contributed by atoms with Gasteiger partial charge in [-0.1, -0.05) is 0 Å². The molecule has 0 aromatic carbocycles. The van der Waals surface area contributed by atoms with E-state index in [-0.39, 0.29) is 17.8 Å². The van der Waals surface area contributed by atoms with Gasteiger partial charge in [-0.3, -0.25) is 9.78 Å². The summed E-state index contributed by atoms with van der Waals surface area (Å²) in [7, 11) is 0. The molecule has 0 unspecified atom stereocenters. The lowest BCUT2D eigenvalue weighted by Gasteiger charge is -2.19. The number of aliphatic hydroxyl groups excluding tert-OH is 1. The van der Waals surface area contributed by atoms with E-state index < -0.39 is 29.8 Å². The van der Waals surface area contributed by atoms with E-state index in [9.17, 15) is 23.5 Å². The molecule has 0 radical (unpaired) electrons. The highest BCUT2D eigenvalue weighted by Crippen LogP contribution is 2.34. The average molecular weight is 350 g/mol. The predicted octanol–water partition coefficient (Wildman–Crippen LogP) is -0.411. The molecular formula is C14H12F2N6O3. The Hall–Kier alpha value is -3.08. The first-order valence-electron chi connectivity index (χ1n) is 7.33. The Balaban J connectivity index is 1.89. The van der Waals surface area contributed by atoms with Crippen LogP contribution in [0.15, 0.2) is 34.2 Å². The number of imidazole rings is 1. The zero-order valence-electron chi connectivity index (χ0n) is 12.6. The van der Waals surface area contributed by atoms with E-state index in [0.717, 1.165) is 0 Å². The van der Waals surface area contributed by atoms with E-state index in [0.29, 0.717) is 11.3 Å². The third-order valence-corrected chi connectivity index (χ3v) is 4.06. The molecule has 0 saturated carbocycles. The van der Waals surface area contributed by atoms with E-state index in [1.165, 1.54) is 34.1 Å². The number of halogens is 2. The Bertz CT molecular complexity index is 1070. The highest BCUT2D eigenvalue weighted by Gasteiger charge is 2.47. The first-order chi connectivity index (χ1) is 11.8. The first-order valence-corrected chi connectivity index (χ1v) is 7.33. The molecule has 4 rings (SSSR count). The van der Waals surface area contributed by atoms with Crippen molar-refractivity contribution >= 4 is 11.3 Å². The van der Waals surface area contributed by atoms with Gasteiger partial charge in [-0.15, -0.1) is 0 Å². The fourth-order valence-corrected chi connectivity index (χ4v) is 2.81. The third-order valence-electron chi connectivity index (χ3n) is 4.06. The van der Waals surface area contributed by atoms with Gasteiger partial charge in [-0.2, -0.15) is 5.10 Å². The summed E-state index contributed by atoms with van der Waals surface area (Å²) in [5.74, 6) is -3.25. The van der Waals surface area contributed by atoms with Crippen molar-refractivity contribution < 1.29 is 13.9 Å². The second-order valence-corrected chi connectivity index (χ2v) is 5.75. The normalized spacial score (nSPS) is 19.6. The van der Waals surface area contributed by atoms with Crippen molar-refractivity contribution in [3.05, 3.63) is 45.5 Å². The zero-order chi connectivity index (χ0) is 17.8. The number of alkyl halides is 2. The Labute approximate surface area is 137 Å². The molecule has 9 nitrogen and oxygen atoms in total. The summed E-state index contributed by atoms with van der Waals surface area (Å²) in [6.45, 7) is -0.955. The van der Waals surface area contributed by atoms with Gasteiger partial charge in [0.1, 0.15) is 11.8 Å². The minimum atomic E-state index is -3.25. The lowest BCUT2D eigenvalue weighted by Crippen LogP contribution is -2.31. The number of fused-ring (bicyclic) bond motifs is 1. The average Bonchev–Trinajstić information content (AvgIpc) is 3.11. The molecule has 3 aromatic rings. The predicted molar refractivity (Wildman–Crippen MR) is 82.8 cm³/mol. The number of aromatic nitrogens is 5. The second-order valence-electron chi connectivity index (χ2n) is 5.75. The van der Waals surface area contributed by atoms with E-state index in [1.807, 2.05) is 0 Å². The largest absolute Gasteiger partial charge is 0.385 e. The van der Waals surface area contributed by atoms with Crippen molar-refractivity contribution in [3.8, 4) is 11.3 Å². The molecule has 1 saturated heterocycles. The zero-order valence-corrected chi connectivity index (χ0v) is 12.6. The summed E-state index contributed by atoms with van der Waals surface area (Å²) in [5, 5.41) is 13.8. The minimum absolute atomic E-state index is 0.0722. The van der Waals surface area contributed by atoms with Crippen LogP contribution in [0.4, 0.5) is 14.5 Å². The molecule has 1 fully saturated rings. The number of β-amino-alcohol motifs (C(OH)–C–C–N with tert-alkyl or cyclic N) is 1. The van der Waals surface area contributed by atoms with Crippen LogP contribution in [0.3, 0.4) is 0 Å². The minimum Gasteiger partial charge on any atom is -0.385 e. The van der Waals surface area contributed by atoms with Crippen LogP contribution in [-0.2, 0) is 0 Å². The molecule has 25 heavy (non-hydrogen) atoms. The van der Waals surface area contributed by atoms with Crippen molar-refractivity contribution in [3.63, 3.8) is 0 Å². The first kappa shape index (κ1) is 15.4. The summed E-state index contributed by atoms with van der Waals surface area (Å²) >= 11 is 0. The highest BCUT2D eigenvalue weighted by molar-refractivity contribution is 5.74. The van der Waals surface area contributed by atoms with Crippen LogP contribution in [0.25, 0.3) is 16.9 Å². The fourth-order valence-electron chi connectivity index (χ4n) is 2.81. The molecule has 1 atom stereocenters. The van der Waals surface area contributed by atoms with E-state index in [2.05, 4.69) is 20.1 Å². The Morgan fingerprint density at radius 2 is 2.16 bits per heavy atom. The number of H-pyrrole nitrogens is 2. The molecular weight excluding hydrogens is 338 g/mol. The summed E-state index contributed by atoms with van der Waals surface area (Å²) in [4.78, 5) is 33.0. The number of nitrogens with zero attached hydrogens (tertiary/aromatic N) is 4. The molecule has 0 amide bonds. The molecule has 3 aromatic heterocycles. The van der Waals surface area contributed by atoms with Crippen LogP contribution in [0.1, 0.15) is 0 Å². The number of rotatable bonds is 2. The number of aliphatic hydroxyl groups is 1. The van der Waals surface area contributed by atoms with Gasteiger partial charge in [0.05, 0.1) is 24.3 Å². The van der Waals surface area contributed by atoms with Crippen molar-refractivity contribution in [1.29, 1.82) is 0 Å². The number of nitrogens with one attached hydrogen (secondary N) is 2. The van der Waals surface area contributed by atoms with Crippen LogP contribution >= 0.6 is 0 Å². The Kier molecular flexibility index (Phi) is 3.22. The Morgan fingerprint density at radius 1 is 1.36 bits per heavy atom. The molecule has 0 spiro atoms. The van der Waals surface area contributed by atoms with Crippen molar-refractivity contribution in [2.45, 2.75) is 12.0 Å². The molecule has 0 aliphatic carbocycles. The lowest BCUT2D eigenvalue weighted by atomic mass is 10.2. The van der Waals surface area contributed by atoms with Crippen molar-refractivity contribution in [2.24, 2.45) is 0 Å². The van der Waals surface area contributed by atoms with Crippen LogP contribution < -0.4 is 16.1 Å². The molecule has 3 N–H and O–H groups in total. The summed E-state index contributed by atoms with van der Waals surface area (Å²) in [6, 6.07) is 1.43. The smallest absolute Gasteiger partial charge is 0.325 e. The van der Waals surface area contributed by atoms with Crippen LogP contribution in [-0.4, -0.2) is 54.8 Å². The lowest BCUT2D eigenvalue weighted by molar-refractivity contribution is -0.0712. The summed E-state index contributed by atoms with van der Waals surface area (Å²) in [6.07, 6.45) is 2.35. The summed E-state index contributed by atoms with van der Waals surface area (Å²) in [5.41, 5.74) is -0.467. The van der Waals surface area contributed by atoms with Crippen molar-refractivity contribution in [2.75, 3.05) is 18.0 Å². The van der Waals surface area contributed by atoms with Gasteiger partial charge < -0.3 is 15.0 Å². The topological polar surface area (TPSA) is 119 Å². The van der Waals surface area contributed by atoms with Gasteiger partial charge in [0.25, 0.3) is 11.5 Å². The van der Waals surface area contributed by atoms with E-state index in [4.69, 9.17) is 0 Å². The quantitative estimate of drug-likeness (QED) is 0.578. The Morgan fingerprint density at radius 3 is 2.84 bits per heavy atom. The van der Waals surface area contributed by atoms with Gasteiger partial charge >= 0.3 is 5.69 Å². The summed E-state index contributed by atoms with van der Waals surface area (Å²) < 4.78 is 28.8. The second kappa shape index (κ2) is 5.21. The van der Waals surface area contributed by atoms with Gasteiger partial charge in [-0.25, -0.2) is 23.1 Å². The third kappa shape index (κ3) is 2.48. The molecule has 1 aliphatic heterocycles. The highest BCUT2D eigenvalue weighted by atomic mass is 19.3. The van der Waals surface area contributed by atoms with Gasteiger partial charge in [0.2, 0.25) is 0 Å². The fraction of sp³-hybridized carbons (Fsp3) is 0.286. The van der Waals surface area contributed by atoms with Gasteiger partial charge in [-0.05, 0) is 6.07 Å². The van der Waals surface area contributed by atoms with Crippen LogP contribution in [0.5, 0.6) is 0 Å². The molecule has 11 heteroatoms. The standard InChI is InChI=1S/C14H12F2N6O3/c15-14(16)6-21(5-10(14)23)9-3-8(20-22-2-1-17-11(9)22)7-4-18-13(25)19-12(7)24/h1-4,10,23H,5-6H2,(H2,18,19,24,25)/t10-/m0/s1. The van der Waals surface area contributed by atoms with Crippen LogP contribution in [0, 0.1) is 0 Å².